The summed E-state index contributed by atoms with van der Waals surface area (Å²) in [6.07, 6.45) is 3.02. The van der Waals surface area contributed by atoms with Crippen LogP contribution in [0.4, 0.5) is 0 Å². The number of carbonyl (C=O) groups excluding carboxylic acids is 1. The first-order valence-electron chi connectivity index (χ1n) is 7.99. The van der Waals surface area contributed by atoms with E-state index >= 15 is 0 Å². The van der Waals surface area contributed by atoms with Crippen molar-refractivity contribution in [2.45, 2.75) is 45.6 Å². The van der Waals surface area contributed by atoms with E-state index in [4.69, 9.17) is 4.52 Å². The number of aromatic nitrogens is 3. The number of nitrogens with zero attached hydrogens (tertiary/aromatic N) is 3. The fraction of sp³-hybridized carbons (Fsp3) is 0.500. The number of H-pyrrole nitrogens is 1. The molecular formula is C16H20N4O3. The van der Waals surface area contributed by atoms with Gasteiger partial charge in [-0.15, -0.1) is 0 Å². The fourth-order valence-electron chi connectivity index (χ4n) is 2.89. The Hall–Kier alpha value is -2.44. The van der Waals surface area contributed by atoms with Gasteiger partial charge in [-0.1, -0.05) is 19.0 Å². The van der Waals surface area contributed by atoms with E-state index in [1.807, 2.05) is 13.8 Å². The van der Waals surface area contributed by atoms with E-state index in [0.29, 0.717) is 36.7 Å². The number of rotatable bonds is 4. The summed E-state index contributed by atoms with van der Waals surface area (Å²) in [7, 11) is 0. The second-order valence-corrected chi connectivity index (χ2v) is 5.66. The summed E-state index contributed by atoms with van der Waals surface area (Å²) in [5, 5.41) is 3.85. The molecule has 122 valence electrons. The van der Waals surface area contributed by atoms with Gasteiger partial charge >= 0.3 is 0 Å². The molecule has 3 heterocycles. The number of hydrogen-bond acceptors (Lipinski definition) is 5. The molecule has 0 radical (unpaired) electrons. The summed E-state index contributed by atoms with van der Waals surface area (Å²) in [5.41, 5.74) is 0.862. The molecule has 0 bridgehead atoms. The van der Waals surface area contributed by atoms with Gasteiger partial charge in [-0.3, -0.25) is 9.59 Å². The van der Waals surface area contributed by atoms with Crippen LogP contribution in [0.5, 0.6) is 0 Å². The van der Waals surface area contributed by atoms with Crippen molar-refractivity contribution >= 4 is 5.91 Å². The van der Waals surface area contributed by atoms with E-state index in [0.717, 1.165) is 18.5 Å². The van der Waals surface area contributed by atoms with Crippen molar-refractivity contribution in [3.8, 4) is 0 Å². The summed E-state index contributed by atoms with van der Waals surface area (Å²) in [4.78, 5) is 33.5. The summed E-state index contributed by atoms with van der Waals surface area (Å²) >= 11 is 0. The van der Waals surface area contributed by atoms with Gasteiger partial charge in [0.05, 0.1) is 6.04 Å². The number of aryl methyl sites for hydroxylation is 2. The molecule has 7 heteroatoms. The van der Waals surface area contributed by atoms with Crippen LogP contribution in [0.25, 0.3) is 0 Å². The number of carbonyl (C=O) groups is 1. The highest BCUT2D eigenvalue weighted by Gasteiger charge is 2.33. The smallest absolute Gasteiger partial charge is 0.276 e. The highest BCUT2D eigenvalue weighted by molar-refractivity contribution is 5.92. The molecule has 0 unspecified atom stereocenters. The normalized spacial score (nSPS) is 17.7. The molecule has 3 rings (SSSR count). The van der Waals surface area contributed by atoms with E-state index in [1.54, 1.807) is 11.0 Å². The second kappa shape index (κ2) is 6.36. The molecule has 23 heavy (non-hydrogen) atoms. The molecule has 1 saturated heterocycles. The van der Waals surface area contributed by atoms with Crippen LogP contribution in [-0.4, -0.2) is 32.5 Å². The molecule has 0 spiro atoms. The highest BCUT2D eigenvalue weighted by atomic mass is 16.5. The molecule has 1 aliphatic rings. The summed E-state index contributed by atoms with van der Waals surface area (Å²) in [6, 6.07) is 2.95. The molecule has 1 aliphatic heterocycles. The first kappa shape index (κ1) is 15.5. The van der Waals surface area contributed by atoms with E-state index in [9.17, 15) is 9.59 Å². The zero-order valence-electron chi connectivity index (χ0n) is 13.3. The summed E-state index contributed by atoms with van der Waals surface area (Å²) in [6.45, 7) is 4.51. The van der Waals surface area contributed by atoms with Crippen LogP contribution >= 0.6 is 0 Å². The van der Waals surface area contributed by atoms with Gasteiger partial charge in [0.25, 0.3) is 11.5 Å². The molecule has 0 saturated carbocycles. The maximum atomic E-state index is 12.7. The Kier molecular flexibility index (Phi) is 4.27. The predicted octanol–water partition coefficient (Wildman–Crippen LogP) is 1.86. The van der Waals surface area contributed by atoms with Gasteiger partial charge in [-0.05, 0) is 19.3 Å². The average Bonchev–Trinajstić information content (AvgIpc) is 3.22. The molecule has 7 nitrogen and oxygen atoms in total. The Morgan fingerprint density at radius 1 is 1.39 bits per heavy atom. The molecule has 1 atom stereocenters. The highest BCUT2D eigenvalue weighted by Crippen LogP contribution is 2.30. The Balaban J connectivity index is 1.89. The van der Waals surface area contributed by atoms with Gasteiger partial charge in [0.15, 0.2) is 5.69 Å². The van der Waals surface area contributed by atoms with E-state index < -0.39 is 0 Å². The molecule has 1 fully saturated rings. The lowest BCUT2D eigenvalue weighted by atomic mass is 10.2. The quantitative estimate of drug-likeness (QED) is 0.929. The van der Waals surface area contributed by atoms with E-state index in [1.165, 1.54) is 6.07 Å². The second-order valence-electron chi connectivity index (χ2n) is 5.66. The van der Waals surface area contributed by atoms with Crippen molar-refractivity contribution in [3.05, 3.63) is 45.5 Å². The SMILES string of the molecule is CCc1cc(=O)[nH]c([C@H]2CCCN2C(=O)c2cc(CC)on2)n1. The van der Waals surface area contributed by atoms with Gasteiger partial charge in [0, 0.05) is 30.8 Å². The van der Waals surface area contributed by atoms with Gasteiger partial charge in [0.1, 0.15) is 11.6 Å². The van der Waals surface area contributed by atoms with Crippen molar-refractivity contribution in [2.75, 3.05) is 6.54 Å². The average molecular weight is 316 g/mol. The molecule has 2 aromatic rings. The van der Waals surface area contributed by atoms with Crippen LogP contribution < -0.4 is 5.56 Å². The van der Waals surface area contributed by atoms with Gasteiger partial charge in [-0.25, -0.2) is 4.98 Å². The van der Waals surface area contributed by atoms with Crippen LogP contribution in [0.2, 0.25) is 0 Å². The van der Waals surface area contributed by atoms with Crippen molar-refractivity contribution in [2.24, 2.45) is 0 Å². The largest absolute Gasteiger partial charge is 0.361 e. The molecule has 2 aromatic heterocycles. The third-order valence-corrected chi connectivity index (χ3v) is 4.13. The Morgan fingerprint density at radius 2 is 2.22 bits per heavy atom. The Bertz CT molecular complexity index is 765. The van der Waals surface area contributed by atoms with Crippen molar-refractivity contribution in [3.63, 3.8) is 0 Å². The third-order valence-electron chi connectivity index (χ3n) is 4.13. The monoisotopic (exact) mass is 316 g/mol. The third kappa shape index (κ3) is 3.04. The first-order valence-corrected chi connectivity index (χ1v) is 7.99. The van der Waals surface area contributed by atoms with Gasteiger partial charge < -0.3 is 14.4 Å². The Morgan fingerprint density at radius 3 is 2.91 bits per heavy atom. The summed E-state index contributed by atoms with van der Waals surface area (Å²) < 4.78 is 5.12. The zero-order valence-corrected chi connectivity index (χ0v) is 13.3. The minimum Gasteiger partial charge on any atom is -0.361 e. The van der Waals surface area contributed by atoms with Crippen molar-refractivity contribution < 1.29 is 9.32 Å². The first-order chi connectivity index (χ1) is 11.1. The maximum Gasteiger partial charge on any atom is 0.276 e. The van der Waals surface area contributed by atoms with Crippen molar-refractivity contribution in [1.29, 1.82) is 0 Å². The fourth-order valence-corrected chi connectivity index (χ4v) is 2.89. The van der Waals surface area contributed by atoms with Crippen molar-refractivity contribution in [1.82, 2.24) is 20.0 Å². The lowest BCUT2D eigenvalue weighted by Gasteiger charge is -2.23. The lowest BCUT2D eigenvalue weighted by molar-refractivity contribution is 0.0719. The number of amides is 1. The van der Waals surface area contributed by atoms with Crippen LogP contribution in [0.3, 0.4) is 0 Å². The van der Waals surface area contributed by atoms with Gasteiger partial charge in [0.2, 0.25) is 0 Å². The maximum absolute atomic E-state index is 12.7. The molecule has 0 aromatic carbocycles. The molecule has 0 aliphatic carbocycles. The van der Waals surface area contributed by atoms with Crippen LogP contribution in [0.15, 0.2) is 21.5 Å². The standard InChI is InChI=1S/C16H20N4O3/c1-3-10-8-14(21)18-15(17-10)13-6-5-7-20(13)16(22)12-9-11(4-2)23-19-12/h8-9,13H,3-7H2,1-2H3,(H,17,18,21)/t13-/m1/s1. The van der Waals surface area contributed by atoms with E-state index in [2.05, 4.69) is 15.1 Å². The number of hydrogen-bond donors (Lipinski definition) is 1. The van der Waals surface area contributed by atoms with Gasteiger partial charge in [-0.2, -0.15) is 0 Å². The lowest BCUT2D eigenvalue weighted by Crippen LogP contribution is -2.32. The van der Waals surface area contributed by atoms with Crippen LogP contribution in [-0.2, 0) is 12.8 Å². The number of likely N-dealkylation sites (tertiary alicyclic amines) is 1. The molecule has 1 N–H and O–H groups in total. The number of nitrogens with one attached hydrogen (secondary N) is 1. The minimum absolute atomic E-state index is 0.180. The zero-order chi connectivity index (χ0) is 16.4. The summed E-state index contributed by atoms with van der Waals surface area (Å²) in [5.74, 6) is 1.06. The predicted molar refractivity (Wildman–Crippen MR) is 83.1 cm³/mol. The van der Waals surface area contributed by atoms with E-state index in [-0.39, 0.29) is 17.5 Å². The molecule has 1 amide bonds. The van der Waals surface area contributed by atoms with Crippen LogP contribution in [0.1, 0.15) is 60.5 Å². The van der Waals surface area contributed by atoms with Crippen LogP contribution in [0, 0.1) is 0 Å². The number of aromatic amines is 1. The minimum atomic E-state index is -0.219. The molecular weight excluding hydrogens is 296 g/mol. The topological polar surface area (TPSA) is 92.1 Å². The Labute approximate surface area is 133 Å².